The van der Waals surface area contributed by atoms with Gasteiger partial charge in [-0.1, -0.05) is 27.7 Å². The van der Waals surface area contributed by atoms with Gasteiger partial charge in [-0.3, -0.25) is 0 Å². The highest BCUT2D eigenvalue weighted by Crippen LogP contribution is 2.37. The van der Waals surface area contributed by atoms with Gasteiger partial charge < -0.3 is 19.0 Å². The maximum absolute atomic E-state index is 11.5. The number of carbonyl (C=O) groups excluding carboxylic acids is 1. The predicted molar refractivity (Wildman–Crippen MR) is 97.4 cm³/mol. The molecule has 1 heterocycles. The molecule has 0 bridgehead atoms. The van der Waals surface area contributed by atoms with Crippen molar-refractivity contribution < 1.29 is 23.8 Å². The molecule has 6 heteroatoms. The van der Waals surface area contributed by atoms with Crippen LogP contribution in [0.5, 0.6) is 0 Å². The molecule has 140 valence electrons. The second kappa shape index (κ2) is 8.60. The molecule has 0 aromatic carbocycles. The van der Waals surface area contributed by atoms with Crippen molar-refractivity contribution >= 4 is 14.3 Å². The van der Waals surface area contributed by atoms with Gasteiger partial charge in [0.05, 0.1) is 25.4 Å². The normalized spacial score (nSPS) is 29.0. The highest BCUT2D eigenvalue weighted by Gasteiger charge is 2.40. The second-order valence-corrected chi connectivity index (χ2v) is 12.9. The van der Waals surface area contributed by atoms with Crippen molar-refractivity contribution in [3.63, 3.8) is 0 Å². The lowest BCUT2D eigenvalue weighted by Crippen LogP contribution is -2.49. The summed E-state index contributed by atoms with van der Waals surface area (Å²) < 4.78 is 17.1. The number of carbonyl (C=O) groups is 1. The number of aliphatic hydroxyl groups is 1. The molecule has 1 aliphatic heterocycles. The molecule has 0 spiro atoms. The number of rotatable bonds is 6. The van der Waals surface area contributed by atoms with Crippen LogP contribution in [0.25, 0.3) is 0 Å². The summed E-state index contributed by atoms with van der Waals surface area (Å²) in [5.74, 6) is -0.233. The van der Waals surface area contributed by atoms with E-state index in [4.69, 9.17) is 13.9 Å². The lowest BCUT2D eigenvalue weighted by molar-refractivity contribution is -0.140. The first-order valence-electron chi connectivity index (χ1n) is 8.80. The van der Waals surface area contributed by atoms with E-state index in [1.165, 1.54) is 6.08 Å². The van der Waals surface area contributed by atoms with Gasteiger partial charge in [-0.15, -0.1) is 0 Å². The van der Waals surface area contributed by atoms with Crippen LogP contribution in [0.3, 0.4) is 0 Å². The Labute approximate surface area is 147 Å². The van der Waals surface area contributed by atoms with E-state index in [9.17, 15) is 9.90 Å². The zero-order chi connectivity index (χ0) is 18.5. The maximum Gasteiger partial charge on any atom is 0.330 e. The van der Waals surface area contributed by atoms with E-state index in [1.807, 2.05) is 6.92 Å². The van der Waals surface area contributed by atoms with E-state index in [-0.39, 0.29) is 29.1 Å². The first-order chi connectivity index (χ1) is 11.0. The summed E-state index contributed by atoms with van der Waals surface area (Å²) in [6, 6.07) is 0. The van der Waals surface area contributed by atoms with Crippen LogP contribution in [0.2, 0.25) is 18.1 Å². The van der Waals surface area contributed by atoms with E-state index in [0.717, 1.165) is 0 Å². The summed E-state index contributed by atoms with van der Waals surface area (Å²) in [5, 5.41) is 10.4. The number of aliphatic hydroxyl groups excluding tert-OH is 1. The lowest BCUT2D eigenvalue weighted by Gasteiger charge is -2.41. The summed E-state index contributed by atoms with van der Waals surface area (Å²) in [7, 11) is -1.89. The molecular weight excluding hydrogens is 324 g/mol. The Bertz CT molecular complexity index is 441. The van der Waals surface area contributed by atoms with Gasteiger partial charge in [0.25, 0.3) is 0 Å². The van der Waals surface area contributed by atoms with Crippen molar-refractivity contribution in [1.29, 1.82) is 0 Å². The van der Waals surface area contributed by atoms with Crippen molar-refractivity contribution in [2.75, 3.05) is 13.2 Å². The van der Waals surface area contributed by atoms with Gasteiger partial charge in [-0.05, 0) is 43.5 Å². The van der Waals surface area contributed by atoms with Gasteiger partial charge in [0, 0.05) is 6.08 Å². The van der Waals surface area contributed by atoms with E-state index in [1.54, 1.807) is 13.0 Å². The zero-order valence-electron chi connectivity index (χ0n) is 16.2. The molecule has 0 unspecified atom stereocenters. The van der Waals surface area contributed by atoms with Crippen LogP contribution in [0.1, 0.15) is 41.0 Å². The van der Waals surface area contributed by atoms with Crippen LogP contribution in [-0.2, 0) is 18.7 Å². The molecule has 0 aromatic rings. The quantitative estimate of drug-likeness (QED) is 0.448. The monoisotopic (exact) mass is 358 g/mol. The van der Waals surface area contributed by atoms with Crippen LogP contribution in [0.4, 0.5) is 0 Å². The summed E-state index contributed by atoms with van der Waals surface area (Å²) in [5.41, 5.74) is 0. The van der Waals surface area contributed by atoms with Crippen molar-refractivity contribution in [2.45, 2.75) is 77.5 Å². The molecule has 1 aliphatic rings. The van der Waals surface area contributed by atoms with E-state index >= 15 is 0 Å². The Morgan fingerprint density at radius 1 is 1.38 bits per heavy atom. The summed E-state index contributed by atoms with van der Waals surface area (Å²) in [6.07, 6.45) is 2.64. The zero-order valence-corrected chi connectivity index (χ0v) is 17.2. The minimum absolute atomic E-state index is 0.114. The fourth-order valence-electron chi connectivity index (χ4n) is 2.35. The lowest BCUT2D eigenvalue weighted by atomic mass is 9.91. The van der Waals surface area contributed by atoms with Gasteiger partial charge >= 0.3 is 5.97 Å². The van der Waals surface area contributed by atoms with Crippen LogP contribution in [-0.4, -0.2) is 50.9 Å². The van der Waals surface area contributed by atoms with Crippen molar-refractivity contribution in [2.24, 2.45) is 5.92 Å². The number of ether oxygens (including phenoxy) is 2. The van der Waals surface area contributed by atoms with Crippen LogP contribution in [0.15, 0.2) is 12.2 Å². The fourth-order valence-corrected chi connectivity index (χ4v) is 3.36. The predicted octanol–water partition coefficient (Wildman–Crippen LogP) is 3.28. The molecule has 0 radical (unpaired) electrons. The number of hydrogen-bond donors (Lipinski definition) is 1. The van der Waals surface area contributed by atoms with Crippen LogP contribution in [0, 0.1) is 5.92 Å². The van der Waals surface area contributed by atoms with Gasteiger partial charge in [0.1, 0.15) is 6.10 Å². The minimum atomic E-state index is -1.89. The summed E-state index contributed by atoms with van der Waals surface area (Å²) in [4.78, 5) is 11.5. The molecule has 0 saturated carbocycles. The minimum Gasteiger partial charge on any atom is -0.463 e. The van der Waals surface area contributed by atoms with Crippen LogP contribution >= 0.6 is 0 Å². The van der Waals surface area contributed by atoms with E-state index in [2.05, 4.69) is 33.9 Å². The molecule has 24 heavy (non-hydrogen) atoms. The van der Waals surface area contributed by atoms with Gasteiger partial charge in [0.2, 0.25) is 0 Å². The van der Waals surface area contributed by atoms with E-state index in [0.29, 0.717) is 19.6 Å². The fraction of sp³-hybridized carbons (Fsp3) is 0.833. The third kappa shape index (κ3) is 5.99. The Morgan fingerprint density at radius 2 is 2.00 bits per heavy atom. The number of esters is 1. The first-order valence-corrected chi connectivity index (χ1v) is 11.7. The highest BCUT2D eigenvalue weighted by atomic mass is 28.4. The topological polar surface area (TPSA) is 65.0 Å². The first kappa shape index (κ1) is 21.3. The molecule has 1 fully saturated rings. The smallest absolute Gasteiger partial charge is 0.330 e. The number of hydrogen-bond acceptors (Lipinski definition) is 5. The van der Waals surface area contributed by atoms with Gasteiger partial charge in [-0.2, -0.15) is 0 Å². The average Bonchev–Trinajstić information content (AvgIpc) is 2.44. The highest BCUT2D eigenvalue weighted by molar-refractivity contribution is 6.74. The average molecular weight is 359 g/mol. The van der Waals surface area contributed by atoms with Crippen molar-refractivity contribution in [3.05, 3.63) is 12.2 Å². The molecule has 5 nitrogen and oxygen atoms in total. The third-order valence-corrected chi connectivity index (χ3v) is 9.56. The summed E-state index contributed by atoms with van der Waals surface area (Å²) in [6.45, 7) is 15.4. The molecular formula is C18H34O5Si. The summed E-state index contributed by atoms with van der Waals surface area (Å²) >= 11 is 0. The Balaban J connectivity index is 2.67. The molecule has 0 aliphatic carbocycles. The standard InChI is InChI=1S/C18H34O5Si/c1-8-21-17(20)10-9-15-13(2)11-14(19)16(23-15)12-22-24(6,7)18(3,4)5/h9-10,13-16,19H,8,11-12H2,1-7H3/b10-9+/t13-,14-,15-,16+/m0/s1. The van der Waals surface area contributed by atoms with E-state index < -0.39 is 14.4 Å². The second-order valence-electron chi connectivity index (χ2n) is 8.10. The molecule has 0 amide bonds. The van der Waals surface area contributed by atoms with Crippen LogP contribution < -0.4 is 0 Å². The SMILES string of the molecule is CCOC(=O)/C=C/[C@@H]1O[C@H](CO[Si](C)(C)C(C)(C)C)[C@@H](O)C[C@@H]1C. The molecule has 0 aromatic heterocycles. The van der Waals surface area contributed by atoms with Crippen molar-refractivity contribution in [1.82, 2.24) is 0 Å². The molecule has 1 saturated heterocycles. The maximum atomic E-state index is 11.5. The largest absolute Gasteiger partial charge is 0.463 e. The molecule has 1 rings (SSSR count). The Morgan fingerprint density at radius 3 is 2.54 bits per heavy atom. The third-order valence-electron chi connectivity index (χ3n) is 5.06. The molecule has 1 N–H and O–H groups in total. The van der Waals surface area contributed by atoms with Gasteiger partial charge in [0.15, 0.2) is 8.32 Å². The Kier molecular flexibility index (Phi) is 7.65. The van der Waals surface area contributed by atoms with Crippen molar-refractivity contribution in [3.8, 4) is 0 Å². The molecule has 4 atom stereocenters. The van der Waals surface area contributed by atoms with Gasteiger partial charge in [-0.25, -0.2) is 4.79 Å². The Hall–Kier alpha value is -0.693.